The minimum absolute atomic E-state index is 0.154. The van der Waals surface area contributed by atoms with Crippen molar-refractivity contribution in [2.24, 2.45) is 5.73 Å². The first kappa shape index (κ1) is 22.8. The summed E-state index contributed by atoms with van der Waals surface area (Å²) in [5.74, 6) is 0.333. The number of amides is 2. The molecule has 2 aromatic rings. The molecule has 1 saturated heterocycles. The van der Waals surface area contributed by atoms with E-state index in [1.54, 1.807) is 28.6 Å². The predicted octanol–water partition coefficient (Wildman–Crippen LogP) is 3.34. The molecule has 7 nitrogen and oxygen atoms in total. The lowest BCUT2D eigenvalue weighted by atomic mass is 9.94. The Bertz CT molecular complexity index is 881. The lowest BCUT2D eigenvalue weighted by Crippen LogP contribution is -2.39. The van der Waals surface area contributed by atoms with Crippen molar-refractivity contribution in [3.8, 4) is 10.4 Å². The maximum Gasteiger partial charge on any atom is 0.245 e. The van der Waals surface area contributed by atoms with Crippen molar-refractivity contribution < 1.29 is 19.5 Å². The molecule has 0 saturated carbocycles. The van der Waals surface area contributed by atoms with Crippen LogP contribution in [0.15, 0.2) is 36.4 Å². The number of carbonyl (C=O) groups excluding carboxylic acids is 2. The largest absolute Gasteiger partial charge is 0.383 e. The van der Waals surface area contributed by atoms with E-state index in [1.165, 1.54) is 7.11 Å². The summed E-state index contributed by atoms with van der Waals surface area (Å²) in [6.45, 7) is 0.154. The number of methoxy groups -OCH3 is 1. The Hall–Kier alpha value is -1.91. The molecule has 0 bridgehead atoms. The number of hydrogen-bond donors (Lipinski definition) is 4. The summed E-state index contributed by atoms with van der Waals surface area (Å²) in [6, 6.07) is 11.0. The first-order valence-electron chi connectivity index (χ1n) is 9.80. The number of anilines is 1. The molecule has 162 valence electrons. The van der Waals surface area contributed by atoms with Gasteiger partial charge in [0.1, 0.15) is 6.04 Å². The van der Waals surface area contributed by atoms with Gasteiger partial charge in [0.05, 0.1) is 11.4 Å². The number of thiophene rings is 1. The van der Waals surface area contributed by atoms with Crippen LogP contribution in [-0.4, -0.2) is 42.5 Å². The molecule has 0 spiro atoms. The normalized spacial score (nSPS) is 19.8. The van der Waals surface area contributed by atoms with Gasteiger partial charge in [0.2, 0.25) is 11.8 Å². The van der Waals surface area contributed by atoms with Gasteiger partial charge in [-0.15, -0.1) is 23.1 Å². The van der Waals surface area contributed by atoms with E-state index in [2.05, 4.69) is 11.4 Å². The van der Waals surface area contributed by atoms with E-state index in [-0.39, 0.29) is 29.6 Å². The van der Waals surface area contributed by atoms with E-state index in [0.717, 1.165) is 40.3 Å². The van der Waals surface area contributed by atoms with Crippen molar-refractivity contribution in [3.63, 3.8) is 0 Å². The van der Waals surface area contributed by atoms with Crippen molar-refractivity contribution in [1.29, 1.82) is 0 Å². The summed E-state index contributed by atoms with van der Waals surface area (Å²) < 4.78 is 4.62. The number of nitrogens with two attached hydrogens (primary N) is 1. The molecule has 1 aromatic carbocycles. The van der Waals surface area contributed by atoms with Gasteiger partial charge in [-0.2, -0.15) is 0 Å². The van der Waals surface area contributed by atoms with E-state index in [9.17, 15) is 9.59 Å². The maximum atomic E-state index is 12.2. The van der Waals surface area contributed by atoms with Gasteiger partial charge in [0, 0.05) is 29.0 Å². The molecular formula is C21H27N3O4S2. The summed E-state index contributed by atoms with van der Waals surface area (Å²) in [5.41, 5.74) is 9.22. The molecule has 0 unspecified atom stereocenters. The fourth-order valence-electron chi connectivity index (χ4n) is 3.55. The van der Waals surface area contributed by atoms with Crippen LogP contribution in [0.1, 0.15) is 30.6 Å². The molecule has 9 heteroatoms. The quantitative estimate of drug-likeness (QED) is 0.363. The lowest BCUT2D eigenvalue weighted by Gasteiger charge is -2.35. The lowest BCUT2D eigenvalue weighted by molar-refractivity contribution is -0.129. The monoisotopic (exact) mass is 449 g/mol. The zero-order valence-electron chi connectivity index (χ0n) is 16.8. The first-order chi connectivity index (χ1) is 14.5. The molecule has 1 fully saturated rings. The summed E-state index contributed by atoms with van der Waals surface area (Å²) in [7, 11) is 1.50. The summed E-state index contributed by atoms with van der Waals surface area (Å²) in [4.78, 5) is 26.3. The molecule has 3 rings (SSSR count). The Morgan fingerprint density at radius 1 is 1.30 bits per heavy atom. The van der Waals surface area contributed by atoms with Crippen molar-refractivity contribution in [2.45, 2.75) is 36.5 Å². The van der Waals surface area contributed by atoms with Crippen molar-refractivity contribution in [3.05, 3.63) is 41.3 Å². The van der Waals surface area contributed by atoms with Gasteiger partial charge in [-0.3, -0.25) is 14.8 Å². The van der Waals surface area contributed by atoms with Crippen molar-refractivity contribution >= 4 is 40.6 Å². The Morgan fingerprint density at radius 3 is 2.83 bits per heavy atom. The summed E-state index contributed by atoms with van der Waals surface area (Å²) in [6.07, 6.45) is 3.35. The second kappa shape index (κ2) is 10.4. The number of nitrogens with one attached hydrogen (secondary N) is 2. The predicted molar refractivity (Wildman–Crippen MR) is 121 cm³/mol. The Balaban J connectivity index is 1.81. The number of hydrogen-bond acceptors (Lipinski definition) is 7. The Labute approximate surface area is 184 Å². The Kier molecular flexibility index (Phi) is 7.90. The highest BCUT2D eigenvalue weighted by Crippen LogP contribution is 2.50. The van der Waals surface area contributed by atoms with Gasteiger partial charge in [-0.25, -0.2) is 5.48 Å². The minimum atomic E-state index is -0.729. The fraction of sp³-hybridized carbons (Fsp3) is 0.429. The average molecular weight is 450 g/mol. The SMILES string of the molecule is COC[C@H](N)C(=O)Nc1cccc(-c2ccc([C@@]3(CC(=O)NO)CCCCS3)s2)c1. The summed E-state index contributed by atoms with van der Waals surface area (Å²) in [5, 5.41) is 11.9. The van der Waals surface area contributed by atoms with Gasteiger partial charge < -0.3 is 15.8 Å². The smallest absolute Gasteiger partial charge is 0.245 e. The topological polar surface area (TPSA) is 114 Å². The average Bonchev–Trinajstić information content (AvgIpc) is 3.26. The number of ether oxygens (including phenoxy) is 1. The first-order valence-corrected chi connectivity index (χ1v) is 11.6. The molecule has 2 amide bonds. The highest BCUT2D eigenvalue weighted by atomic mass is 32.2. The van der Waals surface area contributed by atoms with E-state index >= 15 is 0 Å². The summed E-state index contributed by atoms with van der Waals surface area (Å²) >= 11 is 3.44. The molecule has 1 aliphatic heterocycles. The molecule has 1 aliphatic rings. The standard InChI is InChI=1S/C21H27N3O4S2/c1-28-13-16(22)20(26)23-15-6-4-5-14(11-15)17-7-8-18(30-17)21(12-19(25)24-27)9-2-3-10-29-21/h4-8,11,16,27H,2-3,9-10,12-13,22H2,1H3,(H,23,26)(H,24,25)/t16-,21-/m0/s1. The van der Waals surface area contributed by atoms with Crippen LogP contribution >= 0.6 is 23.1 Å². The number of thioether (sulfide) groups is 1. The molecule has 0 aliphatic carbocycles. The van der Waals surface area contributed by atoms with Crippen LogP contribution in [0.25, 0.3) is 10.4 Å². The molecular weight excluding hydrogens is 422 g/mol. The molecule has 5 N–H and O–H groups in total. The molecule has 2 heterocycles. The third-order valence-electron chi connectivity index (χ3n) is 5.08. The third kappa shape index (κ3) is 5.41. The van der Waals surface area contributed by atoms with Gasteiger partial charge in [-0.05, 0) is 48.4 Å². The van der Waals surface area contributed by atoms with Gasteiger partial charge in [0.25, 0.3) is 0 Å². The minimum Gasteiger partial charge on any atom is -0.383 e. The van der Waals surface area contributed by atoms with Crippen molar-refractivity contribution in [1.82, 2.24) is 5.48 Å². The van der Waals surface area contributed by atoms with E-state index in [1.807, 2.05) is 30.3 Å². The van der Waals surface area contributed by atoms with Crippen LogP contribution in [0.3, 0.4) is 0 Å². The maximum absolute atomic E-state index is 12.2. The van der Waals surface area contributed by atoms with Crippen LogP contribution in [0, 0.1) is 0 Å². The van der Waals surface area contributed by atoms with Crippen LogP contribution < -0.4 is 16.5 Å². The fourth-order valence-corrected chi connectivity index (χ4v) is 6.44. The number of hydroxylamine groups is 1. The third-order valence-corrected chi connectivity index (χ3v) is 8.16. The molecule has 1 aromatic heterocycles. The number of carbonyl (C=O) groups is 2. The van der Waals surface area contributed by atoms with Gasteiger partial charge >= 0.3 is 0 Å². The second-order valence-corrected chi connectivity index (χ2v) is 9.87. The zero-order chi connectivity index (χ0) is 21.6. The highest BCUT2D eigenvalue weighted by molar-refractivity contribution is 8.00. The van der Waals surface area contributed by atoms with Crippen molar-refractivity contribution in [2.75, 3.05) is 24.8 Å². The molecule has 30 heavy (non-hydrogen) atoms. The van der Waals surface area contributed by atoms with Crippen LogP contribution in [0.4, 0.5) is 5.69 Å². The number of benzene rings is 1. The van der Waals surface area contributed by atoms with E-state index in [0.29, 0.717) is 5.69 Å². The zero-order valence-corrected chi connectivity index (χ0v) is 18.5. The van der Waals surface area contributed by atoms with Gasteiger partial charge in [0.15, 0.2) is 0 Å². The van der Waals surface area contributed by atoms with E-state index in [4.69, 9.17) is 15.7 Å². The highest BCUT2D eigenvalue weighted by Gasteiger charge is 2.38. The van der Waals surface area contributed by atoms with Crippen LogP contribution in [0.5, 0.6) is 0 Å². The number of rotatable bonds is 8. The van der Waals surface area contributed by atoms with Crippen LogP contribution in [-0.2, 0) is 19.1 Å². The Morgan fingerprint density at radius 2 is 2.13 bits per heavy atom. The molecule has 0 radical (unpaired) electrons. The second-order valence-electron chi connectivity index (χ2n) is 7.31. The van der Waals surface area contributed by atoms with Gasteiger partial charge in [-0.1, -0.05) is 18.6 Å². The molecule has 2 atom stereocenters. The van der Waals surface area contributed by atoms with E-state index < -0.39 is 6.04 Å². The van der Waals surface area contributed by atoms with Crippen LogP contribution in [0.2, 0.25) is 0 Å².